The zero-order chi connectivity index (χ0) is 14.5. The van der Waals surface area contributed by atoms with Gasteiger partial charge in [-0.05, 0) is 12.1 Å². The number of para-hydroxylation sites is 1. The van der Waals surface area contributed by atoms with Gasteiger partial charge in [0.05, 0.1) is 25.9 Å². The Bertz CT molecular complexity index is 539. The van der Waals surface area contributed by atoms with Crippen LogP contribution in [0, 0.1) is 11.3 Å². The fraction of sp³-hybridized carbons (Fsp3) is 0.429. The number of rotatable bonds is 3. The molecule has 1 saturated heterocycles. The van der Waals surface area contributed by atoms with Crippen molar-refractivity contribution >= 4 is 5.91 Å². The van der Waals surface area contributed by atoms with Crippen molar-refractivity contribution < 1.29 is 14.3 Å². The van der Waals surface area contributed by atoms with Gasteiger partial charge < -0.3 is 19.7 Å². The van der Waals surface area contributed by atoms with Crippen LogP contribution in [-0.2, 0) is 0 Å². The summed E-state index contributed by atoms with van der Waals surface area (Å²) in [6, 6.07) is 6.82. The molecule has 0 saturated carbocycles. The smallest absolute Gasteiger partial charge is 0.258 e. The Morgan fingerprint density at radius 2 is 2.25 bits per heavy atom. The Kier molecular flexibility index (Phi) is 4.43. The number of hydrogen-bond acceptors (Lipinski definition) is 5. The summed E-state index contributed by atoms with van der Waals surface area (Å²) >= 11 is 0. The molecular formula is C14H17N3O3. The molecule has 20 heavy (non-hydrogen) atoms. The number of piperazine rings is 1. The van der Waals surface area contributed by atoms with E-state index in [1.807, 2.05) is 0 Å². The highest BCUT2D eigenvalue weighted by Gasteiger charge is 2.29. The number of amides is 1. The van der Waals surface area contributed by atoms with Crippen molar-refractivity contribution in [2.24, 2.45) is 0 Å². The molecule has 1 N–H and O–H groups in total. The van der Waals surface area contributed by atoms with Gasteiger partial charge in [0.2, 0.25) is 0 Å². The van der Waals surface area contributed by atoms with Gasteiger partial charge in [0.1, 0.15) is 6.04 Å². The van der Waals surface area contributed by atoms with Crippen LogP contribution >= 0.6 is 0 Å². The van der Waals surface area contributed by atoms with Gasteiger partial charge in [-0.1, -0.05) is 6.07 Å². The predicted molar refractivity (Wildman–Crippen MR) is 72.9 cm³/mol. The minimum Gasteiger partial charge on any atom is -0.493 e. The lowest BCUT2D eigenvalue weighted by Gasteiger charge is -2.32. The number of nitriles is 1. The van der Waals surface area contributed by atoms with Crippen LogP contribution in [0.25, 0.3) is 0 Å². The average molecular weight is 275 g/mol. The minimum atomic E-state index is -0.466. The minimum absolute atomic E-state index is 0.214. The maximum absolute atomic E-state index is 12.6. The molecule has 6 heteroatoms. The molecule has 0 aliphatic carbocycles. The monoisotopic (exact) mass is 275 g/mol. The Balaban J connectivity index is 2.35. The van der Waals surface area contributed by atoms with Gasteiger partial charge in [-0.3, -0.25) is 4.79 Å². The van der Waals surface area contributed by atoms with Crippen LogP contribution in [0.15, 0.2) is 18.2 Å². The number of nitrogens with one attached hydrogen (secondary N) is 1. The second-order valence-corrected chi connectivity index (χ2v) is 4.39. The number of carbonyl (C=O) groups is 1. The molecule has 0 radical (unpaired) electrons. The summed E-state index contributed by atoms with van der Waals surface area (Å²) in [4.78, 5) is 14.2. The summed E-state index contributed by atoms with van der Waals surface area (Å²) in [6.45, 7) is 1.65. The topological polar surface area (TPSA) is 74.6 Å². The van der Waals surface area contributed by atoms with Gasteiger partial charge in [-0.25, -0.2) is 0 Å². The number of ether oxygens (including phenoxy) is 2. The van der Waals surface area contributed by atoms with Gasteiger partial charge >= 0.3 is 0 Å². The van der Waals surface area contributed by atoms with Crippen LogP contribution in [0.1, 0.15) is 10.4 Å². The second-order valence-electron chi connectivity index (χ2n) is 4.39. The Morgan fingerprint density at radius 1 is 1.45 bits per heavy atom. The lowest BCUT2D eigenvalue weighted by Crippen LogP contribution is -2.53. The van der Waals surface area contributed by atoms with Crippen molar-refractivity contribution in [1.82, 2.24) is 10.2 Å². The van der Waals surface area contributed by atoms with E-state index < -0.39 is 6.04 Å². The predicted octanol–water partition coefficient (Wildman–Crippen LogP) is 0.641. The van der Waals surface area contributed by atoms with E-state index in [9.17, 15) is 4.79 Å². The van der Waals surface area contributed by atoms with Crippen LogP contribution in [0.3, 0.4) is 0 Å². The fourth-order valence-corrected chi connectivity index (χ4v) is 2.27. The van der Waals surface area contributed by atoms with E-state index in [1.165, 1.54) is 14.2 Å². The quantitative estimate of drug-likeness (QED) is 0.876. The van der Waals surface area contributed by atoms with Gasteiger partial charge in [0.15, 0.2) is 11.5 Å². The summed E-state index contributed by atoms with van der Waals surface area (Å²) in [5.74, 6) is 0.686. The zero-order valence-corrected chi connectivity index (χ0v) is 11.5. The molecule has 1 fully saturated rings. The van der Waals surface area contributed by atoms with E-state index >= 15 is 0 Å². The molecule has 6 nitrogen and oxygen atoms in total. The van der Waals surface area contributed by atoms with Gasteiger partial charge in [0, 0.05) is 19.6 Å². The summed E-state index contributed by atoms with van der Waals surface area (Å²) in [6.07, 6.45) is 0. The highest BCUT2D eigenvalue weighted by molar-refractivity contribution is 5.98. The summed E-state index contributed by atoms with van der Waals surface area (Å²) in [5.41, 5.74) is 0.411. The lowest BCUT2D eigenvalue weighted by molar-refractivity contribution is 0.0683. The Morgan fingerprint density at radius 3 is 2.90 bits per heavy atom. The molecule has 0 spiro atoms. The third kappa shape index (κ3) is 2.53. The highest BCUT2D eigenvalue weighted by atomic mass is 16.5. The SMILES string of the molecule is COc1cccc(C(=O)N2CCNCC2C#N)c1OC. The van der Waals surface area contributed by atoms with E-state index in [0.29, 0.717) is 36.7 Å². The molecule has 1 aromatic carbocycles. The summed E-state index contributed by atoms with van der Waals surface area (Å²) < 4.78 is 10.5. The zero-order valence-electron chi connectivity index (χ0n) is 11.5. The first kappa shape index (κ1) is 14.2. The molecule has 1 aliphatic heterocycles. The van der Waals surface area contributed by atoms with Crippen molar-refractivity contribution in [2.75, 3.05) is 33.9 Å². The van der Waals surface area contributed by atoms with Crippen molar-refractivity contribution in [2.45, 2.75) is 6.04 Å². The van der Waals surface area contributed by atoms with Crippen LogP contribution in [-0.4, -0.2) is 50.7 Å². The van der Waals surface area contributed by atoms with E-state index in [4.69, 9.17) is 14.7 Å². The van der Waals surface area contributed by atoms with Crippen LogP contribution < -0.4 is 14.8 Å². The average Bonchev–Trinajstić information content (AvgIpc) is 2.53. The molecule has 1 unspecified atom stereocenters. The van der Waals surface area contributed by atoms with Crippen molar-refractivity contribution in [3.8, 4) is 17.6 Å². The molecule has 0 bridgehead atoms. The molecule has 1 heterocycles. The number of hydrogen-bond donors (Lipinski definition) is 1. The Labute approximate surface area is 117 Å². The molecule has 1 aliphatic rings. The van der Waals surface area contributed by atoms with Crippen molar-refractivity contribution in [3.63, 3.8) is 0 Å². The summed E-state index contributed by atoms with van der Waals surface area (Å²) in [5, 5.41) is 12.2. The number of benzene rings is 1. The van der Waals surface area contributed by atoms with E-state index in [1.54, 1.807) is 23.1 Å². The van der Waals surface area contributed by atoms with E-state index in [0.717, 1.165) is 0 Å². The van der Waals surface area contributed by atoms with Crippen LogP contribution in [0.5, 0.6) is 11.5 Å². The molecular weight excluding hydrogens is 258 g/mol. The fourth-order valence-electron chi connectivity index (χ4n) is 2.27. The summed E-state index contributed by atoms with van der Waals surface area (Å²) in [7, 11) is 3.02. The Hall–Kier alpha value is -2.26. The first-order valence-electron chi connectivity index (χ1n) is 6.35. The van der Waals surface area contributed by atoms with Crippen LogP contribution in [0.4, 0.5) is 0 Å². The number of methoxy groups -OCH3 is 2. The lowest BCUT2D eigenvalue weighted by atomic mass is 10.1. The normalized spacial score (nSPS) is 18.2. The first-order valence-corrected chi connectivity index (χ1v) is 6.35. The molecule has 2 rings (SSSR count). The second kappa shape index (κ2) is 6.26. The molecule has 1 aromatic rings. The number of carbonyl (C=O) groups excluding carboxylic acids is 1. The highest BCUT2D eigenvalue weighted by Crippen LogP contribution is 2.31. The van der Waals surface area contributed by atoms with Crippen molar-refractivity contribution in [1.29, 1.82) is 5.26 Å². The maximum atomic E-state index is 12.6. The third-order valence-corrected chi connectivity index (χ3v) is 3.29. The largest absolute Gasteiger partial charge is 0.493 e. The molecule has 1 atom stereocenters. The molecule has 0 aromatic heterocycles. The van der Waals surface area contributed by atoms with Gasteiger partial charge in [-0.15, -0.1) is 0 Å². The number of nitrogens with zero attached hydrogens (tertiary/aromatic N) is 2. The van der Waals surface area contributed by atoms with Gasteiger partial charge in [0.25, 0.3) is 5.91 Å². The van der Waals surface area contributed by atoms with E-state index in [-0.39, 0.29) is 5.91 Å². The van der Waals surface area contributed by atoms with Crippen LogP contribution in [0.2, 0.25) is 0 Å². The van der Waals surface area contributed by atoms with Gasteiger partial charge in [-0.2, -0.15) is 5.26 Å². The molecule has 1 amide bonds. The first-order chi connectivity index (χ1) is 9.72. The van der Waals surface area contributed by atoms with E-state index in [2.05, 4.69) is 11.4 Å². The van der Waals surface area contributed by atoms with Crippen molar-refractivity contribution in [3.05, 3.63) is 23.8 Å². The standard InChI is InChI=1S/C14H17N3O3/c1-19-12-5-3-4-11(13(12)20-2)14(18)17-7-6-16-9-10(17)8-15/h3-5,10,16H,6-7,9H2,1-2H3. The maximum Gasteiger partial charge on any atom is 0.258 e. The third-order valence-electron chi connectivity index (χ3n) is 3.29. The molecule has 106 valence electrons.